The van der Waals surface area contributed by atoms with E-state index in [1.807, 2.05) is 7.05 Å². The predicted octanol–water partition coefficient (Wildman–Crippen LogP) is 1.14. The number of Topliss-reactive ketones (excluding diaryl/α,β-unsaturated/α-hetero) is 1. The summed E-state index contributed by atoms with van der Waals surface area (Å²) in [6, 6.07) is 0.213. The number of rotatable bonds is 6. The number of ketones is 1. The van der Waals surface area contributed by atoms with Crippen LogP contribution in [-0.4, -0.2) is 44.8 Å². The van der Waals surface area contributed by atoms with E-state index in [2.05, 4.69) is 5.32 Å². The Morgan fingerprint density at radius 3 is 3.00 bits per heavy atom. The normalized spacial score (nSPS) is 33.1. The molecule has 2 fully saturated rings. The van der Waals surface area contributed by atoms with E-state index in [0.29, 0.717) is 31.5 Å². The van der Waals surface area contributed by atoms with Gasteiger partial charge in [-0.25, -0.2) is 0 Å². The Morgan fingerprint density at radius 2 is 2.29 bits per heavy atom. The van der Waals surface area contributed by atoms with Crippen LogP contribution < -0.4 is 5.32 Å². The van der Waals surface area contributed by atoms with Gasteiger partial charge in [-0.2, -0.15) is 0 Å². The number of carbonyl (C=O) groups excluding carboxylic acids is 1. The van der Waals surface area contributed by atoms with Crippen LogP contribution in [0, 0.1) is 5.92 Å². The Balaban J connectivity index is 1.66. The van der Waals surface area contributed by atoms with E-state index in [1.54, 1.807) is 0 Å². The molecule has 2 saturated heterocycles. The Bertz CT molecular complexity index is 251. The molecule has 0 amide bonds. The Morgan fingerprint density at radius 1 is 1.41 bits per heavy atom. The van der Waals surface area contributed by atoms with Gasteiger partial charge in [0.2, 0.25) is 0 Å². The van der Waals surface area contributed by atoms with Crippen molar-refractivity contribution in [2.75, 3.05) is 26.9 Å². The summed E-state index contributed by atoms with van der Waals surface area (Å²) < 4.78 is 10.9. The largest absolute Gasteiger partial charge is 0.379 e. The monoisotopic (exact) mass is 241 g/mol. The maximum absolute atomic E-state index is 12.0. The van der Waals surface area contributed by atoms with Crippen molar-refractivity contribution in [3.8, 4) is 0 Å². The maximum atomic E-state index is 12.0. The third kappa shape index (κ3) is 3.50. The molecule has 2 aliphatic rings. The summed E-state index contributed by atoms with van der Waals surface area (Å²) in [5.41, 5.74) is 0. The highest BCUT2D eigenvalue weighted by Crippen LogP contribution is 2.21. The Hall–Kier alpha value is -0.450. The second-order valence-electron chi connectivity index (χ2n) is 5.03. The Kier molecular flexibility index (Phi) is 4.95. The van der Waals surface area contributed by atoms with E-state index in [9.17, 15) is 4.79 Å². The van der Waals surface area contributed by atoms with Gasteiger partial charge in [-0.05, 0) is 32.7 Å². The van der Waals surface area contributed by atoms with Gasteiger partial charge < -0.3 is 14.8 Å². The van der Waals surface area contributed by atoms with Crippen molar-refractivity contribution < 1.29 is 14.3 Å². The van der Waals surface area contributed by atoms with Crippen LogP contribution >= 0.6 is 0 Å². The average Bonchev–Trinajstić information content (AvgIpc) is 2.99. The number of hydrogen-bond acceptors (Lipinski definition) is 4. The lowest BCUT2D eigenvalue weighted by molar-refractivity contribution is -0.123. The first-order chi connectivity index (χ1) is 8.31. The molecule has 0 aromatic carbocycles. The fourth-order valence-corrected chi connectivity index (χ4v) is 2.72. The van der Waals surface area contributed by atoms with Crippen LogP contribution in [0.25, 0.3) is 0 Å². The second-order valence-corrected chi connectivity index (χ2v) is 5.03. The van der Waals surface area contributed by atoms with Crippen LogP contribution in [0.1, 0.15) is 32.1 Å². The highest BCUT2D eigenvalue weighted by atomic mass is 16.5. The van der Waals surface area contributed by atoms with E-state index in [-0.39, 0.29) is 12.0 Å². The minimum Gasteiger partial charge on any atom is -0.379 e. The third-order valence-electron chi connectivity index (χ3n) is 3.84. The SMILES string of the molecule is CNC1COCC1C(=O)CCCC1CCCO1. The topological polar surface area (TPSA) is 47.6 Å². The molecule has 0 aromatic heterocycles. The minimum atomic E-state index is 0.0597. The summed E-state index contributed by atoms with van der Waals surface area (Å²) in [4.78, 5) is 12.0. The van der Waals surface area contributed by atoms with Crippen molar-refractivity contribution in [1.82, 2.24) is 5.32 Å². The third-order valence-corrected chi connectivity index (χ3v) is 3.84. The number of carbonyl (C=O) groups is 1. The Labute approximate surface area is 103 Å². The van der Waals surface area contributed by atoms with Crippen LogP contribution in [0.4, 0.5) is 0 Å². The zero-order valence-electron chi connectivity index (χ0n) is 10.6. The van der Waals surface area contributed by atoms with Crippen molar-refractivity contribution in [3.63, 3.8) is 0 Å². The number of likely N-dealkylation sites (N-methyl/N-ethyl adjacent to an activating group) is 1. The summed E-state index contributed by atoms with van der Waals surface area (Å²) in [6.07, 6.45) is 5.41. The summed E-state index contributed by atoms with van der Waals surface area (Å²) in [5, 5.41) is 3.16. The van der Waals surface area contributed by atoms with E-state index in [4.69, 9.17) is 9.47 Å². The van der Waals surface area contributed by atoms with Gasteiger partial charge >= 0.3 is 0 Å². The van der Waals surface area contributed by atoms with Crippen LogP contribution in [-0.2, 0) is 14.3 Å². The maximum Gasteiger partial charge on any atom is 0.139 e. The van der Waals surface area contributed by atoms with Crippen molar-refractivity contribution in [3.05, 3.63) is 0 Å². The van der Waals surface area contributed by atoms with Crippen molar-refractivity contribution in [2.45, 2.75) is 44.2 Å². The molecule has 2 heterocycles. The molecule has 0 spiro atoms. The van der Waals surface area contributed by atoms with Crippen molar-refractivity contribution in [2.24, 2.45) is 5.92 Å². The van der Waals surface area contributed by atoms with E-state index in [0.717, 1.165) is 19.4 Å². The zero-order valence-corrected chi connectivity index (χ0v) is 10.6. The number of nitrogens with one attached hydrogen (secondary N) is 1. The van der Waals surface area contributed by atoms with Crippen LogP contribution in [0.5, 0.6) is 0 Å². The molecule has 0 aromatic rings. The first-order valence-electron chi connectivity index (χ1n) is 6.70. The van der Waals surface area contributed by atoms with Gasteiger partial charge in [-0.1, -0.05) is 0 Å². The van der Waals surface area contributed by atoms with E-state index in [1.165, 1.54) is 12.8 Å². The summed E-state index contributed by atoms with van der Waals surface area (Å²) in [6.45, 7) is 2.15. The molecule has 2 aliphatic heterocycles. The first kappa shape index (κ1) is 13.0. The molecule has 3 unspecified atom stereocenters. The highest BCUT2D eigenvalue weighted by molar-refractivity contribution is 5.82. The lowest BCUT2D eigenvalue weighted by Gasteiger charge is -2.16. The van der Waals surface area contributed by atoms with Crippen molar-refractivity contribution >= 4 is 5.78 Å². The molecule has 1 N–H and O–H groups in total. The molecule has 2 rings (SSSR count). The fourth-order valence-electron chi connectivity index (χ4n) is 2.72. The first-order valence-corrected chi connectivity index (χ1v) is 6.70. The molecule has 0 bridgehead atoms. The van der Waals surface area contributed by atoms with Crippen LogP contribution in [0.15, 0.2) is 0 Å². The van der Waals surface area contributed by atoms with E-state index >= 15 is 0 Å². The molecule has 17 heavy (non-hydrogen) atoms. The minimum absolute atomic E-state index is 0.0597. The smallest absolute Gasteiger partial charge is 0.139 e. The lowest BCUT2D eigenvalue weighted by atomic mass is 9.94. The molecule has 0 aliphatic carbocycles. The zero-order chi connectivity index (χ0) is 12.1. The number of ether oxygens (including phenoxy) is 2. The standard InChI is InChI=1S/C13H23NO3/c1-14-12-9-16-8-11(12)13(15)6-2-4-10-5-3-7-17-10/h10-12,14H,2-9H2,1H3. The molecule has 4 nitrogen and oxygen atoms in total. The molecule has 98 valence electrons. The molecule has 0 radical (unpaired) electrons. The van der Waals surface area contributed by atoms with Crippen molar-refractivity contribution in [1.29, 1.82) is 0 Å². The summed E-state index contributed by atoms with van der Waals surface area (Å²) in [5.74, 6) is 0.407. The lowest BCUT2D eigenvalue weighted by Crippen LogP contribution is -2.36. The van der Waals surface area contributed by atoms with Gasteiger partial charge in [-0.15, -0.1) is 0 Å². The van der Waals surface area contributed by atoms with Gasteiger partial charge in [0.05, 0.1) is 25.2 Å². The molecule has 4 heteroatoms. The highest BCUT2D eigenvalue weighted by Gasteiger charge is 2.32. The predicted molar refractivity (Wildman–Crippen MR) is 65.0 cm³/mol. The van der Waals surface area contributed by atoms with Crippen LogP contribution in [0.3, 0.4) is 0 Å². The van der Waals surface area contributed by atoms with E-state index < -0.39 is 0 Å². The molecule has 3 atom stereocenters. The van der Waals surface area contributed by atoms with Gasteiger partial charge in [0, 0.05) is 19.1 Å². The fraction of sp³-hybridized carbons (Fsp3) is 0.923. The average molecular weight is 241 g/mol. The number of hydrogen-bond donors (Lipinski definition) is 1. The summed E-state index contributed by atoms with van der Waals surface area (Å²) in [7, 11) is 1.89. The van der Waals surface area contributed by atoms with Gasteiger partial charge in [0.1, 0.15) is 5.78 Å². The van der Waals surface area contributed by atoms with Gasteiger partial charge in [0.25, 0.3) is 0 Å². The molecular weight excluding hydrogens is 218 g/mol. The summed E-state index contributed by atoms with van der Waals surface area (Å²) >= 11 is 0. The quantitative estimate of drug-likeness (QED) is 0.757. The van der Waals surface area contributed by atoms with Gasteiger partial charge in [0.15, 0.2) is 0 Å². The second kappa shape index (κ2) is 6.47. The molecule has 0 saturated carbocycles. The van der Waals surface area contributed by atoms with Gasteiger partial charge in [-0.3, -0.25) is 4.79 Å². The van der Waals surface area contributed by atoms with Crippen LogP contribution in [0.2, 0.25) is 0 Å². The molecular formula is C13H23NO3.